The van der Waals surface area contributed by atoms with Gasteiger partial charge in [0.25, 0.3) is 0 Å². The lowest BCUT2D eigenvalue weighted by Gasteiger charge is -2.26. The van der Waals surface area contributed by atoms with E-state index < -0.39 is 29.7 Å². The Morgan fingerprint density at radius 1 is 1.17 bits per heavy atom. The summed E-state index contributed by atoms with van der Waals surface area (Å²) in [5.74, 6) is -0.114. The van der Waals surface area contributed by atoms with Crippen molar-refractivity contribution in [3.05, 3.63) is 29.8 Å². The van der Waals surface area contributed by atoms with Crippen molar-refractivity contribution in [2.24, 2.45) is 5.92 Å². The van der Waals surface area contributed by atoms with Crippen LogP contribution in [-0.4, -0.2) is 48.7 Å². The molecule has 30 heavy (non-hydrogen) atoms. The van der Waals surface area contributed by atoms with Gasteiger partial charge in [0.05, 0.1) is 6.61 Å². The summed E-state index contributed by atoms with van der Waals surface area (Å²) in [6.45, 7) is 9.88. The highest BCUT2D eigenvalue weighted by molar-refractivity contribution is 5.91. The number of amides is 3. The molecule has 3 amide bonds. The largest absolute Gasteiger partial charge is 0.494 e. The zero-order valence-electron chi connectivity index (χ0n) is 18.4. The number of rotatable bonds is 2. The van der Waals surface area contributed by atoms with Crippen LogP contribution in [0.5, 0.6) is 5.75 Å². The van der Waals surface area contributed by atoms with Crippen LogP contribution in [-0.2, 0) is 20.7 Å². The fraction of sp³-hybridized carbons (Fsp3) is 0.591. The second kappa shape index (κ2) is 10.3. The minimum Gasteiger partial charge on any atom is -0.494 e. The third-order valence-corrected chi connectivity index (χ3v) is 4.51. The van der Waals surface area contributed by atoms with Gasteiger partial charge in [0.15, 0.2) is 0 Å². The molecule has 0 aliphatic carbocycles. The first-order valence-electron chi connectivity index (χ1n) is 10.3. The first-order valence-corrected chi connectivity index (χ1v) is 10.3. The van der Waals surface area contributed by atoms with Crippen molar-refractivity contribution in [3.63, 3.8) is 0 Å². The zero-order valence-corrected chi connectivity index (χ0v) is 18.4. The summed E-state index contributed by atoms with van der Waals surface area (Å²) >= 11 is 0. The molecule has 1 aromatic carbocycles. The van der Waals surface area contributed by atoms with Gasteiger partial charge in [-0.15, -0.1) is 0 Å². The lowest BCUT2D eigenvalue weighted by Crippen LogP contribution is -2.56. The molecule has 3 rings (SSSR count). The van der Waals surface area contributed by atoms with Crippen LogP contribution < -0.4 is 20.7 Å². The number of carbonyl (C=O) groups excluding carboxylic acids is 3. The summed E-state index contributed by atoms with van der Waals surface area (Å²) in [6.07, 6.45) is 0.207. The van der Waals surface area contributed by atoms with Crippen LogP contribution in [0.1, 0.15) is 46.6 Å². The quantitative estimate of drug-likeness (QED) is 0.681. The first kappa shape index (κ1) is 23.5. The Morgan fingerprint density at radius 2 is 1.83 bits per heavy atom. The third-order valence-electron chi connectivity index (χ3n) is 4.51. The topological polar surface area (TPSA) is 106 Å². The van der Waals surface area contributed by atoms with Gasteiger partial charge in [-0.1, -0.05) is 26.0 Å². The minimum atomic E-state index is -0.897. The number of carbonyl (C=O) groups is 3. The number of nitrogens with one attached hydrogen (secondary N) is 3. The molecule has 0 saturated heterocycles. The second-order valence-electron chi connectivity index (χ2n) is 8.77. The molecule has 2 heterocycles. The van der Waals surface area contributed by atoms with Crippen molar-refractivity contribution in [2.75, 3.05) is 13.2 Å². The Morgan fingerprint density at radius 3 is 2.43 bits per heavy atom. The number of hydrogen-bond donors (Lipinski definition) is 3. The number of alkyl carbamates (subject to hydrolysis) is 1. The van der Waals surface area contributed by atoms with Gasteiger partial charge in [-0.25, -0.2) is 4.79 Å². The lowest BCUT2D eigenvalue weighted by molar-refractivity contribution is -0.131. The maximum Gasteiger partial charge on any atom is 0.408 e. The van der Waals surface area contributed by atoms with E-state index in [1.54, 1.807) is 20.8 Å². The summed E-state index contributed by atoms with van der Waals surface area (Å²) in [7, 11) is 0. The molecule has 2 aliphatic rings. The highest BCUT2D eigenvalue weighted by atomic mass is 16.6. The SMILES string of the molecule is CC(C)[C@@H]1NC(=O)[C@@H](NC(=O)OC(C)(C)C)Cc2ccc(cc2)OCCCNC1=O. The van der Waals surface area contributed by atoms with Gasteiger partial charge in [0.2, 0.25) is 11.8 Å². The Hall–Kier alpha value is -2.77. The van der Waals surface area contributed by atoms with Gasteiger partial charge in [-0.3, -0.25) is 9.59 Å². The van der Waals surface area contributed by atoms with Crippen LogP contribution in [0.3, 0.4) is 0 Å². The maximum atomic E-state index is 13.0. The lowest BCUT2D eigenvalue weighted by atomic mass is 10.0. The Labute approximate surface area is 178 Å². The molecule has 0 spiro atoms. The van der Waals surface area contributed by atoms with Crippen LogP contribution in [0.2, 0.25) is 0 Å². The molecule has 0 saturated carbocycles. The Balaban J connectivity index is 2.27. The van der Waals surface area contributed by atoms with E-state index in [0.29, 0.717) is 25.3 Å². The molecule has 2 bridgehead atoms. The van der Waals surface area contributed by atoms with Crippen LogP contribution in [0.4, 0.5) is 4.79 Å². The van der Waals surface area contributed by atoms with Gasteiger partial charge in [-0.05, 0) is 50.8 Å². The molecular weight excluding hydrogens is 386 g/mol. The van der Waals surface area contributed by atoms with E-state index in [1.807, 2.05) is 38.1 Å². The first-order chi connectivity index (χ1) is 14.0. The van der Waals surface area contributed by atoms with Gasteiger partial charge in [0, 0.05) is 13.0 Å². The normalized spacial score (nSPS) is 21.0. The van der Waals surface area contributed by atoms with Crippen LogP contribution in [0, 0.1) is 5.92 Å². The highest BCUT2D eigenvalue weighted by Crippen LogP contribution is 2.15. The van der Waals surface area contributed by atoms with Crippen molar-refractivity contribution in [1.82, 2.24) is 16.0 Å². The van der Waals surface area contributed by atoms with Crippen molar-refractivity contribution in [3.8, 4) is 5.75 Å². The fourth-order valence-corrected chi connectivity index (χ4v) is 2.99. The molecule has 2 atom stereocenters. The monoisotopic (exact) mass is 419 g/mol. The van der Waals surface area contributed by atoms with E-state index in [-0.39, 0.29) is 18.2 Å². The predicted octanol–water partition coefficient (Wildman–Crippen LogP) is 2.16. The molecule has 0 unspecified atom stereocenters. The molecule has 8 heteroatoms. The van der Waals surface area contributed by atoms with E-state index >= 15 is 0 Å². The van der Waals surface area contributed by atoms with E-state index in [1.165, 1.54) is 0 Å². The van der Waals surface area contributed by atoms with Crippen molar-refractivity contribution in [1.29, 1.82) is 0 Å². The number of fused-ring (bicyclic) bond motifs is 12. The fourth-order valence-electron chi connectivity index (χ4n) is 2.99. The summed E-state index contributed by atoms with van der Waals surface area (Å²) < 4.78 is 11.0. The van der Waals surface area contributed by atoms with E-state index in [9.17, 15) is 14.4 Å². The molecule has 0 aromatic heterocycles. The van der Waals surface area contributed by atoms with Crippen molar-refractivity contribution < 1.29 is 23.9 Å². The summed E-state index contributed by atoms with van der Waals surface area (Å²) in [6, 6.07) is 5.75. The second-order valence-corrected chi connectivity index (χ2v) is 8.77. The molecule has 2 aliphatic heterocycles. The van der Waals surface area contributed by atoms with Gasteiger partial charge >= 0.3 is 6.09 Å². The van der Waals surface area contributed by atoms with E-state index in [0.717, 1.165) is 5.56 Å². The molecule has 1 aromatic rings. The van der Waals surface area contributed by atoms with Crippen molar-refractivity contribution in [2.45, 2.75) is 65.1 Å². The minimum absolute atomic E-state index is 0.123. The zero-order chi connectivity index (χ0) is 22.3. The number of hydrogen-bond acceptors (Lipinski definition) is 5. The maximum absolute atomic E-state index is 13.0. The summed E-state index contributed by atoms with van der Waals surface area (Å²) in [5.41, 5.74) is 0.152. The van der Waals surface area contributed by atoms with Gasteiger partial charge < -0.3 is 25.4 Å². The van der Waals surface area contributed by atoms with Crippen molar-refractivity contribution >= 4 is 17.9 Å². The van der Waals surface area contributed by atoms with Crippen LogP contribution >= 0.6 is 0 Å². The number of ether oxygens (including phenoxy) is 2. The average molecular weight is 420 g/mol. The standard InChI is InChI=1S/C22H33N3O5/c1-14(2)18-20(27)23-11-6-12-29-16-9-7-15(8-10-16)13-17(19(26)25-18)24-21(28)30-22(3,4)5/h7-10,14,17-18H,6,11-13H2,1-5H3,(H,23,27)(H,24,28)(H,25,26)/t17-,18-/m0/s1. The van der Waals surface area contributed by atoms with Gasteiger partial charge in [-0.2, -0.15) is 0 Å². The third kappa shape index (κ3) is 7.57. The molecule has 166 valence electrons. The summed E-state index contributed by atoms with van der Waals surface area (Å²) in [5, 5.41) is 8.27. The van der Waals surface area contributed by atoms with E-state index in [2.05, 4.69) is 16.0 Å². The number of benzene rings is 1. The van der Waals surface area contributed by atoms with E-state index in [4.69, 9.17) is 9.47 Å². The highest BCUT2D eigenvalue weighted by Gasteiger charge is 2.30. The predicted molar refractivity (Wildman–Crippen MR) is 113 cm³/mol. The Kier molecular flexibility index (Phi) is 8.08. The smallest absolute Gasteiger partial charge is 0.408 e. The Bertz CT molecular complexity index is 740. The molecule has 0 radical (unpaired) electrons. The van der Waals surface area contributed by atoms with Crippen LogP contribution in [0.15, 0.2) is 24.3 Å². The average Bonchev–Trinajstić information content (AvgIpc) is 2.64. The summed E-state index contributed by atoms with van der Waals surface area (Å²) in [4.78, 5) is 37.9. The molecular formula is C22H33N3O5. The molecule has 3 N–H and O–H groups in total. The molecule has 8 nitrogen and oxygen atoms in total. The van der Waals surface area contributed by atoms with Gasteiger partial charge in [0.1, 0.15) is 23.4 Å². The molecule has 0 fully saturated rings. The van der Waals surface area contributed by atoms with Crippen LogP contribution in [0.25, 0.3) is 0 Å².